The van der Waals surface area contributed by atoms with E-state index in [0.717, 1.165) is 71.7 Å². The van der Waals surface area contributed by atoms with E-state index in [1.54, 1.807) is 17.7 Å². The van der Waals surface area contributed by atoms with Gasteiger partial charge in [-0.05, 0) is 68.1 Å². The molecule has 0 unspecified atom stereocenters. The summed E-state index contributed by atoms with van der Waals surface area (Å²) in [4.78, 5) is 32.0. The summed E-state index contributed by atoms with van der Waals surface area (Å²) >= 11 is 1.53. The summed E-state index contributed by atoms with van der Waals surface area (Å²) in [5.74, 6) is 1.98. The molecular formula is C26H31N5O3S. The number of piperidine rings is 1. The first kappa shape index (κ1) is 23.8. The van der Waals surface area contributed by atoms with Crippen molar-refractivity contribution in [3.05, 3.63) is 58.0 Å². The van der Waals surface area contributed by atoms with Crippen LogP contribution in [-0.2, 0) is 24.8 Å². The summed E-state index contributed by atoms with van der Waals surface area (Å²) < 4.78 is 7.37. The molecule has 8 nitrogen and oxygen atoms in total. The Morgan fingerprint density at radius 1 is 1.14 bits per heavy atom. The zero-order valence-electron chi connectivity index (χ0n) is 20.2. The summed E-state index contributed by atoms with van der Waals surface area (Å²) in [6.45, 7) is 3.66. The van der Waals surface area contributed by atoms with Gasteiger partial charge >= 0.3 is 0 Å². The number of likely N-dealkylation sites (tertiary alicyclic amines) is 1. The summed E-state index contributed by atoms with van der Waals surface area (Å²) in [6.07, 6.45) is 2.98. The third-order valence-electron chi connectivity index (χ3n) is 6.93. The molecule has 1 saturated heterocycles. The van der Waals surface area contributed by atoms with Gasteiger partial charge in [0.1, 0.15) is 11.6 Å². The third-order valence-corrected chi connectivity index (χ3v) is 7.98. The predicted octanol–water partition coefficient (Wildman–Crippen LogP) is 2.78. The van der Waals surface area contributed by atoms with Gasteiger partial charge < -0.3 is 24.8 Å². The first-order valence-corrected chi connectivity index (χ1v) is 13.0. The number of methoxy groups -OCH3 is 1. The van der Waals surface area contributed by atoms with Gasteiger partial charge in [-0.2, -0.15) is 0 Å². The number of thioether (sulfide) groups is 1. The van der Waals surface area contributed by atoms with Gasteiger partial charge in [-0.15, -0.1) is 11.8 Å². The van der Waals surface area contributed by atoms with Crippen molar-refractivity contribution in [2.75, 3.05) is 37.8 Å². The molecule has 0 radical (unpaired) electrons. The number of pyridine rings is 2. The Hall–Kier alpha value is -2.88. The van der Waals surface area contributed by atoms with Crippen molar-refractivity contribution in [1.82, 2.24) is 19.8 Å². The van der Waals surface area contributed by atoms with E-state index in [1.807, 2.05) is 37.4 Å². The number of hydrogen-bond acceptors (Lipinski definition) is 7. The number of nitrogens with one attached hydrogen (secondary N) is 2. The van der Waals surface area contributed by atoms with Crippen LogP contribution in [0.5, 0.6) is 5.75 Å². The molecule has 1 amide bonds. The second-order valence-corrected chi connectivity index (χ2v) is 10.2. The molecule has 0 atom stereocenters. The maximum absolute atomic E-state index is 12.3. The summed E-state index contributed by atoms with van der Waals surface area (Å²) in [5.41, 5.74) is 2.99. The van der Waals surface area contributed by atoms with Crippen LogP contribution in [-0.4, -0.2) is 58.9 Å². The highest BCUT2D eigenvalue weighted by Gasteiger charge is 2.21. The number of anilines is 1. The number of carbonyl (C=O) groups is 1. The standard InChI is InChI=1S/C26H31N5O3S/c1-30-24(33)8-4-17-3-6-21(34-2)20(25(17)30)11-14-31-12-9-18(10-13-31)27-15-19-5-7-22-26(28-19)29-23(32)16-35-22/h3-8,18,27H,9-16H2,1-2H3,(H,28,29,32). The van der Waals surface area contributed by atoms with Crippen molar-refractivity contribution >= 4 is 34.4 Å². The number of carbonyl (C=O) groups excluding carboxylic acids is 1. The average Bonchev–Trinajstić information content (AvgIpc) is 2.88. The lowest BCUT2D eigenvalue weighted by molar-refractivity contribution is -0.113. The Balaban J connectivity index is 1.16. The van der Waals surface area contributed by atoms with Gasteiger partial charge in [0.15, 0.2) is 0 Å². The Kier molecular flexibility index (Phi) is 7.08. The lowest BCUT2D eigenvalue weighted by Crippen LogP contribution is -2.43. The highest BCUT2D eigenvalue weighted by Crippen LogP contribution is 2.30. The van der Waals surface area contributed by atoms with E-state index < -0.39 is 0 Å². The van der Waals surface area contributed by atoms with Crippen molar-refractivity contribution in [2.24, 2.45) is 7.05 Å². The van der Waals surface area contributed by atoms with Gasteiger partial charge in [0.25, 0.3) is 5.56 Å². The predicted molar refractivity (Wildman–Crippen MR) is 139 cm³/mol. The van der Waals surface area contributed by atoms with Crippen LogP contribution in [0.2, 0.25) is 0 Å². The van der Waals surface area contributed by atoms with Crippen LogP contribution in [0.4, 0.5) is 5.82 Å². The summed E-state index contributed by atoms with van der Waals surface area (Å²) in [5, 5.41) is 7.56. The van der Waals surface area contributed by atoms with Gasteiger partial charge in [0.05, 0.1) is 29.0 Å². The maximum Gasteiger partial charge on any atom is 0.250 e. The molecule has 2 aliphatic rings. The number of aromatic nitrogens is 2. The van der Waals surface area contributed by atoms with Crippen LogP contribution in [0.25, 0.3) is 10.9 Å². The fourth-order valence-electron chi connectivity index (χ4n) is 4.96. The monoisotopic (exact) mass is 493 g/mol. The van der Waals surface area contributed by atoms with Crippen molar-refractivity contribution in [1.29, 1.82) is 0 Å². The largest absolute Gasteiger partial charge is 0.496 e. The fourth-order valence-corrected chi connectivity index (χ4v) is 5.72. The molecule has 0 bridgehead atoms. The van der Waals surface area contributed by atoms with E-state index in [-0.39, 0.29) is 11.5 Å². The van der Waals surface area contributed by atoms with E-state index in [1.165, 1.54) is 11.8 Å². The lowest BCUT2D eigenvalue weighted by atomic mass is 10.0. The number of benzene rings is 1. The molecule has 184 valence electrons. The van der Waals surface area contributed by atoms with Gasteiger partial charge in [0, 0.05) is 37.8 Å². The topological polar surface area (TPSA) is 88.5 Å². The molecule has 2 N–H and O–H groups in total. The molecule has 1 fully saturated rings. The van der Waals surface area contributed by atoms with Crippen LogP contribution in [0, 0.1) is 0 Å². The number of ether oxygens (including phenoxy) is 1. The van der Waals surface area contributed by atoms with E-state index in [4.69, 9.17) is 4.74 Å². The zero-order valence-corrected chi connectivity index (χ0v) is 21.0. The number of fused-ring (bicyclic) bond motifs is 2. The Morgan fingerprint density at radius 3 is 2.74 bits per heavy atom. The molecule has 2 aliphatic heterocycles. The fraction of sp³-hybridized carbons (Fsp3) is 0.423. The number of amides is 1. The van der Waals surface area contributed by atoms with Crippen molar-refractivity contribution in [3.8, 4) is 5.75 Å². The Labute approximate surface area is 209 Å². The van der Waals surface area contributed by atoms with E-state index >= 15 is 0 Å². The quantitative estimate of drug-likeness (QED) is 0.523. The molecule has 0 aliphatic carbocycles. The minimum atomic E-state index is -0.00607. The van der Waals surface area contributed by atoms with Crippen LogP contribution >= 0.6 is 11.8 Å². The molecule has 0 spiro atoms. The molecule has 1 aromatic carbocycles. The molecule has 9 heteroatoms. The van der Waals surface area contributed by atoms with Gasteiger partial charge in [0.2, 0.25) is 5.91 Å². The smallest absolute Gasteiger partial charge is 0.250 e. The summed E-state index contributed by atoms with van der Waals surface area (Å²) in [7, 11) is 3.52. The van der Waals surface area contributed by atoms with E-state index in [0.29, 0.717) is 24.2 Å². The highest BCUT2D eigenvalue weighted by molar-refractivity contribution is 8.00. The molecular weight excluding hydrogens is 462 g/mol. The van der Waals surface area contributed by atoms with E-state index in [9.17, 15) is 9.59 Å². The van der Waals surface area contributed by atoms with Crippen LogP contribution < -0.4 is 20.9 Å². The van der Waals surface area contributed by atoms with Gasteiger partial charge in [-0.25, -0.2) is 4.98 Å². The number of rotatable bonds is 7. The minimum absolute atomic E-state index is 0.00607. The van der Waals surface area contributed by atoms with Crippen LogP contribution in [0.1, 0.15) is 24.1 Å². The molecule has 4 heterocycles. The maximum atomic E-state index is 12.3. The van der Waals surface area contributed by atoms with E-state index in [2.05, 4.69) is 20.5 Å². The van der Waals surface area contributed by atoms with Crippen molar-refractivity contribution in [2.45, 2.75) is 36.7 Å². The second-order valence-electron chi connectivity index (χ2n) is 9.15. The normalized spacial score (nSPS) is 16.8. The molecule has 35 heavy (non-hydrogen) atoms. The SMILES string of the molecule is COc1ccc2ccc(=O)n(C)c2c1CCN1CCC(NCc2ccc3c(n2)NC(=O)CS3)CC1. The molecule has 2 aromatic heterocycles. The number of hydrogen-bond donors (Lipinski definition) is 2. The van der Waals surface area contributed by atoms with Crippen LogP contribution in [0.3, 0.4) is 0 Å². The minimum Gasteiger partial charge on any atom is -0.496 e. The molecule has 3 aromatic rings. The molecule has 5 rings (SSSR count). The van der Waals surface area contributed by atoms with Crippen molar-refractivity contribution < 1.29 is 9.53 Å². The second kappa shape index (κ2) is 10.4. The Bertz CT molecular complexity index is 1300. The summed E-state index contributed by atoms with van der Waals surface area (Å²) in [6, 6.07) is 12.0. The first-order chi connectivity index (χ1) is 17.0. The third kappa shape index (κ3) is 5.22. The zero-order chi connectivity index (χ0) is 24.4. The molecule has 0 saturated carbocycles. The number of aryl methyl sites for hydroxylation is 1. The van der Waals surface area contributed by atoms with Gasteiger partial charge in [-0.1, -0.05) is 0 Å². The lowest BCUT2D eigenvalue weighted by Gasteiger charge is -2.32. The average molecular weight is 494 g/mol. The van der Waals surface area contributed by atoms with Crippen molar-refractivity contribution in [3.63, 3.8) is 0 Å². The van der Waals surface area contributed by atoms with Crippen LogP contribution in [0.15, 0.2) is 46.1 Å². The highest BCUT2D eigenvalue weighted by atomic mass is 32.2. The van der Waals surface area contributed by atoms with Gasteiger partial charge in [-0.3, -0.25) is 9.59 Å². The number of nitrogens with zero attached hydrogens (tertiary/aromatic N) is 3. The Morgan fingerprint density at radius 2 is 1.94 bits per heavy atom. The first-order valence-electron chi connectivity index (χ1n) is 12.1.